The highest BCUT2D eigenvalue weighted by Crippen LogP contribution is 2.18. The molecule has 1 aromatic carbocycles. The molecule has 1 unspecified atom stereocenters. The Morgan fingerprint density at radius 1 is 1.29 bits per heavy atom. The van der Waals surface area contributed by atoms with Gasteiger partial charge in [-0.25, -0.2) is 0 Å². The summed E-state index contributed by atoms with van der Waals surface area (Å²) in [6.07, 6.45) is 2.54. The van der Waals surface area contributed by atoms with Gasteiger partial charge < -0.3 is 9.73 Å². The van der Waals surface area contributed by atoms with Gasteiger partial charge in [0.25, 0.3) is 0 Å². The zero-order valence-corrected chi connectivity index (χ0v) is 12.5. The molecule has 0 bridgehead atoms. The Balaban J connectivity index is 1.62. The number of hydrogen-bond donors (Lipinski definition) is 1. The molecule has 5 nitrogen and oxygen atoms in total. The molecule has 0 aliphatic carbocycles. The van der Waals surface area contributed by atoms with Gasteiger partial charge in [-0.2, -0.15) is 0 Å². The summed E-state index contributed by atoms with van der Waals surface area (Å²) in [5.74, 6) is 1.29. The first kappa shape index (κ1) is 14.2. The van der Waals surface area contributed by atoms with Crippen LogP contribution < -0.4 is 5.32 Å². The fourth-order valence-corrected chi connectivity index (χ4v) is 2.74. The summed E-state index contributed by atoms with van der Waals surface area (Å²) >= 11 is 0. The smallest absolute Gasteiger partial charge is 0.247 e. The largest absolute Gasteiger partial charge is 0.419 e. The molecule has 2 heterocycles. The fourth-order valence-electron chi connectivity index (χ4n) is 2.74. The maximum atomic E-state index is 5.78. The van der Waals surface area contributed by atoms with Crippen LogP contribution >= 0.6 is 0 Å². The van der Waals surface area contributed by atoms with E-state index in [-0.39, 0.29) is 0 Å². The van der Waals surface area contributed by atoms with Crippen LogP contribution in [0, 0.1) is 0 Å². The minimum Gasteiger partial charge on any atom is -0.419 e. The van der Waals surface area contributed by atoms with Gasteiger partial charge in [-0.15, -0.1) is 10.2 Å². The number of likely N-dealkylation sites (N-methyl/N-ethyl adjacent to an activating group) is 1. The number of aromatic nitrogens is 2. The molecule has 1 aromatic heterocycles. The highest BCUT2D eigenvalue weighted by Gasteiger charge is 2.19. The first-order valence-corrected chi connectivity index (χ1v) is 7.68. The normalized spacial score (nSPS) is 18.5. The molecule has 1 aliphatic rings. The molecule has 21 heavy (non-hydrogen) atoms. The predicted molar refractivity (Wildman–Crippen MR) is 81.7 cm³/mol. The van der Waals surface area contributed by atoms with Gasteiger partial charge >= 0.3 is 0 Å². The Bertz CT molecular complexity index is 548. The van der Waals surface area contributed by atoms with Crippen molar-refractivity contribution < 1.29 is 4.42 Å². The third-order valence-corrected chi connectivity index (χ3v) is 3.93. The van der Waals surface area contributed by atoms with Crippen LogP contribution in [-0.4, -0.2) is 40.8 Å². The van der Waals surface area contributed by atoms with Crippen LogP contribution in [-0.2, 0) is 6.54 Å². The van der Waals surface area contributed by atoms with Gasteiger partial charge in [0.15, 0.2) is 0 Å². The summed E-state index contributed by atoms with van der Waals surface area (Å²) in [6.45, 7) is 6.06. The van der Waals surface area contributed by atoms with Gasteiger partial charge in [0.1, 0.15) is 0 Å². The summed E-state index contributed by atoms with van der Waals surface area (Å²) in [5.41, 5.74) is 0.969. The van der Waals surface area contributed by atoms with Crippen LogP contribution in [0.5, 0.6) is 0 Å². The highest BCUT2D eigenvalue weighted by molar-refractivity contribution is 5.51. The Morgan fingerprint density at radius 2 is 2.14 bits per heavy atom. The number of benzene rings is 1. The maximum absolute atomic E-state index is 5.78. The third kappa shape index (κ3) is 3.68. The molecule has 0 amide bonds. The van der Waals surface area contributed by atoms with E-state index in [0.29, 0.717) is 24.4 Å². The number of rotatable bonds is 6. The second-order valence-electron chi connectivity index (χ2n) is 5.49. The lowest BCUT2D eigenvalue weighted by molar-refractivity contribution is 0.230. The summed E-state index contributed by atoms with van der Waals surface area (Å²) in [7, 11) is 0. The molecule has 5 heteroatoms. The second-order valence-corrected chi connectivity index (χ2v) is 5.49. The molecular formula is C16H22N4O. The van der Waals surface area contributed by atoms with Crippen molar-refractivity contribution in [2.45, 2.75) is 32.4 Å². The molecule has 0 radical (unpaired) electrons. The fraction of sp³-hybridized carbons (Fsp3) is 0.500. The van der Waals surface area contributed by atoms with E-state index in [1.807, 2.05) is 30.3 Å². The van der Waals surface area contributed by atoms with E-state index in [0.717, 1.165) is 25.2 Å². The number of nitrogens with one attached hydrogen (secondary N) is 1. The SMILES string of the molecule is CCN(Cc1nnc(-c2ccccc2)o1)CC1CCCN1. The Morgan fingerprint density at radius 3 is 2.86 bits per heavy atom. The van der Waals surface area contributed by atoms with E-state index >= 15 is 0 Å². The maximum Gasteiger partial charge on any atom is 0.247 e. The van der Waals surface area contributed by atoms with E-state index in [1.165, 1.54) is 12.8 Å². The summed E-state index contributed by atoms with van der Waals surface area (Å²) in [4.78, 5) is 2.35. The zero-order valence-electron chi connectivity index (χ0n) is 12.5. The molecule has 1 N–H and O–H groups in total. The van der Waals surface area contributed by atoms with Crippen LogP contribution in [0.4, 0.5) is 0 Å². The lowest BCUT2D eigenvalue weighted by atomic mass is 10.2. The minimum absolute atomic E-state index is 0.598. The van der Waals surface area contributed by atoms with Gasteiger partial charge in [0.2, 0.25) is 11.8 Å². The monoisotopic (exact) mass is 286 g/mol. The van der Waals surface area contributed by atoms with Crippen molar-refractivity contribution in [2.75, 3.05) is 19.6 Å². The average Bonchev–Trinajstić information content (AvgIpc) is 3.19. The van der Waals surface area contributed by atoms with Crippen molar-refractivity contribution in [3.8, 4) is 11.5 Å². The van der Waals surface area contributed by atoms with Crippen molar-refractivity contribution >= 4 is 0 Å². The lowest BCUT2D eigenvalue weighted by Crippen LogP contribution is -2.37. The van der Waals surface area contributed by atoms with Gasteiger partial charge in [0, 0.05) is 18.2 Å². The van der Waals surface area contributed by atoms with Crippen LogP contribution in [0.15, 0.2) is 34.7 Å². The molecule has 0 saturated carbocycles. The van der Waals surface area contributed by atoms with E-state index in [9.17, 15) is 0 Å². The summed E-state index contributed by atoms with van der Waals surface area (Å²) in [6, 6.07) is 10.5. The van der Waals surface area contributed by atoms with Crippen molar-refractivity contribution in [3.63, 3.8) is 0 Å². The van der Waals surface area contributed by atoms with Crippen molar-refractivity contribution in [2.24, 2.45) is 0 Å². The molecule has 1 saturated heterocycles. The van der Waals surface area contributed by atoms with E-state index in [2.05, 4.69) is 27.3 Å². The van der Waals surface area contributed by atoms with Crippen molar-refractivity contribution in [1.82, 2.24) is 20.4 Å². The minimum atomic E-state index is 0.598. The van der Waals surface area contributed by atoms with Crippen LogP contribution in [0.3, 0.4) is 0 Å². The molecule has 2 aromatic rings. The molecule has 1 aliphatic heterocycles. The molecular weight excluding hydrogens is 264 g/mol. The first-order chi connectivity index (χ1) is 10.3. The van der Waals surface area contributed by atoms with Crippen molar-refractivity contribution in [1.29, 1.82) is 0 Å². The summed E-state index contributed by atoms with van der Waals surface area (Å²) in [5, 5.41) is 11.9. The number of nitrogens with zero attached hydrogens (tertiary/aromatic N) is 3. The average molecular weight is 286 g/mol. The van der Waals surface area contributed by atoms with Crippen molar-refractivity contribution in [3.05, 3.63) is 36.2 Å². The molecule has 0 spiro atoms. The molecule has 1 fully saturated rings. The van der Waals surface area contributed by atoms with E-state index < -0.39 is 0 Å². The highest BCUT2D eigenvalue weighted by atomic mass is 16.4. The van der Waals surface area contributed by atoms with Gasteiger partial charge in [-0.3, -0.25) is 4.90 Å². The number of hydrogen-bond acceptors (Lipinski definition) is 5. The predicted octanol–water partition coefficient (Wildman–Crippen LogP) is 2.31. The Hall–Kier alpha value is -1.72. The van der Waals surface area contributed by atoms with Gasteiger partial charge in [0.05, 0.1) is 6.54 Å². The van der Waals surface area contributed by atoms with E-state index in [1.54, 1.807) is 0 Å². The molecule has 112 valence electrons. The standard InChI is InChI=1S/C16H22N4O/c1-2-20(11-14-9-6-10-17-14)12-15-18-19-16(21-15)13-7-4-3-5-8-13/h3-5,7-8,14,17H,2,6,9-12H2,1H3. The first-order valence-electron chi connectivity index (χ1n) is 7.68. The van der Waals surface area contributed by atoms with E-state index in [4.69, 9.17) is 4.42 Å². The quantitative estimate of drug-likeness (QED) is 0.883. The lowest BCUT2D eigenvalue weighted by Gasteiger charge is -2.22. The third-order valence-electron chi connectivity index (χ3n) is 3.93. The second kappa shape index (κ2) is 6.83. The summed E-state index contributed by atoms with van der Waals surface area (Å²) < 4.78 is 5.78. The molecule has 3 rings (SSSR count). The van der Waals surface area contributed by atoms with Gasteiger partial charge in [-0.05, 0) is 38.1 Å². The van der Waals surface area contributed by atoms with Crippen LogP contribution in [0.25, 0.3) is 11.5 Å². The Labute approximate surface area is 125 Å². The van der Waals surface area contributed by atoms with Crippen LogP contribution in [0.1, 0.15) is 25.7 Å². The van der Waals surface area contributed by atoms with Crippen LogP contribution in [0.2, 0.25) is 0 Å². The van der Waals surface area contributed by atoms with Gasteiger partial charge in [-0.1, -0.05) is 25.1 Å². The molecule has 1 atom stereocenters. The Kier molecular flexibility index (Phi) is 4.62. The zero-order chi connectivity index (χ0) is 14.5. The topological polar surface area (TPSA) is 54.2 Å².